The van der Waals surface area contributed by atoms with Crippen LogP contribution in [0, 0.1) is 0 Å². The minimum absolute atomic E-state index is 0.196. The Balaban J connectivity index is 2.86. The molecule has 0 aromatic heterocycles. The van der Waals surface area contributed by atoms with Crippen molar-refractivity contribution in [2.45, 2.75) is 19.4 Å². The van der Waals surface area contributed by atoms with Gasteiger partial charge in [0.25, 0.3) is 5.91 Å². The highest BCUT2D eigenvalue weighted by Gasteiger charge is 2.19. The van der Waals surface area contributed by atoms with E-state index in [4.69, 9.17) is 21.9 Å². The first-order valence-corrected chi connectivity index (χ1v) is 5.10. The molecule has 0 aliphatic heterocycles. The van der Waals surface area contributed by atoms with Crippen LogP contribution >= 0.6 is 0 Å². The Morgan fingerprint density at radius 3 is 2.18 bits per heavy atom. The predicted octanol–water partition coefficient (Wildman–Crippen LogP) is 0.272. The van der Waals surface area contributed by atoms with Gasteiger partial charge in [-0.1, -0.05) is 6.92 Å². The van der Waals surface area contributed by atoms with Gasteiger partial charge in [0, 0.05) is 11.4 Å². The molecule has 6 nitrogen and oxygen atoms in total. The lowest BCUT2D eigenvalue weighted by atomic mass is 10.1. The van der Waals surface area contributed by atoms with E-state index in [1.165, 1.54) is 18.2 Å². The van der Waals surface area contributed by atoms with Gasteiger partial charge < -0.3 is 21.9 Å². The zero-order chi connectivity index (χ0) is 13.0. The molecule has 92 valence electrons. The third-order valence-electron chi connectivity index (χ3n) is 2.15. The van der Waals surface area contributed by atoms with Crippen molar-refractivity contribution in [2.75, 3.05) is 11.5 Å². The Kier molecular flexibility index (Phi) is 3.92. The molecule has 0 saturated carbocycles. The van der Waals surface area contributed by atoms with Crippen molar-refractivity contribution in [1.29, 1.82) is 0 Å². The highest BCUT2D eigenvalue weighted by atomic mass is 16.5. The number of nitrogens with two attached hydrogens (primary N) is 3. The second-order valence-electron chi connectivity index (χ2n) is 3.59. The molecule has 1 amide bonds. The molecule has 1 unspecified atom stereocenters. The van der Waals surface area contributed by atoms with Gasteiger partial charge in [-0.25, -0.2) is 4.79 Å². The Hall–Kier alpha value is -2.24. The number of ether oxygens (including phenoxy) is 1. The molecule has 6 heteroatoms. The van der Waals surface area contributed by atoms with E-state index in [9.17, 15) is 9.59 Å². The van der Waals surface area contributed by atoms with Crippen molar-refractivity contribution in [3.63, 3.8) is 0 Å². The Morgan fingerprint density at radius 2 is 1.76 bits per heavy atom. The van der Waals surface area contributed by atoms with E-state index in [1.807, 2.05) is 0 Å². The fourth-order valence-electron chi connectivity index (χ4n) is 1.33. The second-order valence-corrected chi connectivity index (χ2v) is 3.59. The molecule has 0 radical (unpaired) electrons. The average Bonchev–Trinajstić information content (AvgIpc) is 2.23. The van der Waals surface area contributed by atoms with E-state index < -0.39 is 18.0 Å². The monoisotopic (exact) mass is 237 g/mol. The fraction of sp³-hybridized carbons (Fsp3) is 0.273. The van der Waals surface area contributed by atoms with E-state index in [0.29, 0.717) is 17.8 Å². The molecule has 0 spiro atoms. The van der Waals surface area contributed by atoms with Crippen LogP contribution in [0.5, 0.6) is 0 Å². The molecule has 0 heterocycles. The smallest absolute Gasteiger partial charge is 0.339 e. The van der Waals surface area contributed by atoms with E-state index in [1.54, 1.807) is 6.92 Å². The first kappa shape index (κ1) is 12.8. The summed E-state index contributed by atoms with van der Waals surface area (Å²) in [5.41, 5.74) is 17.0. The number of rotatable bonds is 4. The molecule has 0 aliphatic rings. The maximum atomic E-state index is 11.7. The molecular weight excluding hydrogens is 222 g/mol. The van der Waals surface area contributed by atoms with Crippen molar-refractivity contribution in [2.24, 2.45) is 5.73 Å². The maximum Gasteiger partial charge on any atom is 0.339 e. The summed E-state index contributed by atoms with van der Waals surface area (Å²) in [5, 5.41) is 0. The summed E-state index contributed by atoms with van der Waals surface area (Å²) in [5.74, 6) is -1.35. The number of benzene rings is 1. The van der Waals surface area contributed by atoms with E-state index in [0.717, 1.165) is 0 Å². The number of hydrogen-bond donors (Lipinski definition) is 3. The molecular formula is C11H15N3O3. The maximum absolute atomic E-state index is 11.7. The van der Waals surface area contributed by atoms with E-state index >= 15 is 0 Å². The summed E-state index contributed by atoms with van der Waals surface area (Å²) >= 11 is 0. The van der Waals surface area contributed by atoms with E-state index in [2.05, 4.69) is 0 Å². The predicted molar refractivity (Wildman–Crippen MR) is 64.0 cm³/mol. The van der Waals surface area contributed by atoms with Crippen LogP contribution in [0.25, 0.3) is 0 Å². The van der Waals surface area contributed by atoms with Crippen molar-refractivity contribution >= 4 is 23.3 Å². The summed E-state index contributed by atoms with van der Waals surface area (Å²) < 4.78 is 4.93. The lowest BCUT2D eigenvalue weighted by Gasteiger charge is -2.12. The lowest BCUT2D eigenvalue weighted by molar-refractivity contribution is -0.126. The second kappa shape index (κ2) is 5.20. The number of nitrogen functional groups attached to an aromatic ring is 2. The lowest BCUT2D eigenvalue weighted by Crippen LogP contribution is -2.32. The minimum Gasteiger partial charge on any atom is -0.449 e. The summed E-state index contributed by atoms with van der Waals surface area (Å²) in [6, 6.07) is 4.36. The molecule has 1 rings (SSSR count). The highest BCUT2D eigenvalue weighted by Crippen LogP contribution is 2.15. The topological polar surface area (TPSA) is 121 Å². The summed E-state index contributed by atoms with van der Waals surface area (Å²) in [6.07, 6.45) is -0.621. The number of carbonyl (C=O) groups excluding carboxylic acids is 2. The van der Waals surface area contributed by atoms with Gasteiger partial charge in [-0.05, 0) is 24.6 Å². The van der Waals surface area contributed by atoms with Gasteiger partial charge in [0.1, 0.15) is 0 Å². The van der Waals surface area contributed by atoms with Crippen LogP contribution in [0.1, 0.15) is 23.7 Å². The molecule has 0 aliphatic carbocycles. The Bertz CT molecular complexity index is 425. The number of primary amides is 1. The molecule has 0 saturated heterocycles. The largest absolute Gasteiger partial charge is 0.449 e. The minimum atomic E-state index is -0.940. The van der Waals surface area contributed by atoms with Crippen molar-refractivity contribution < 1.29 is 14.3 Å². The van der Waals surface area contributed by atoms with E-state index in [-0.39, 0.29) is 5.56 Å². The molecule has 1 aromatic carbocycles. The van der Waals surface area contributed by atoms with Crippen molar-refractivity contribution in [1.82, 2.24) is 0 Å². The van der Waals surface area contributed by atoms with Gasteiger partial charge in [-0.3, -0.25) is 4.79 Å². The summed E-state index contributed by atoms with van der Waals surface area (Å²) in [6.45, 7) is 1.69. The van der Waals surface area contributed by atoms with Crippen LogP contribution in [0.2, 0.25) is 0 Å². The average molecular weight is 237 g/mol. The van der Waals surface area contributed by atoms with Crippen LogP contribution in [0.4, 0.5) is 11.4 Å². The van der Waals surface area contributed by atoms with Crippen LogP contribution in [-0.2, 0) is 9.53 Å². The molecule has 17 heavy (non-hydrogen) atoms. The van der Waals surface area contributed by atoms with Gasteiger partial charge in [0.05, 0.1) is 5.56 Å². The van der Waals surface area contributed by atoms with Crippen molar-refractivity contribution in [3.8, 4) is 0 Å². The number of anilines is 2. The summed E-state index contributed by atoms with van der Waals surface area (Å²) in [4.78, 5) is 22.6. The number of esters is 1. The molecule has 1 atom stereocenters. The number of carbonyl (C=O) groups is 2. The Morgan fingerprint density at radius 1 is 1.24 bits per heavy atom. The van der Waals surface area contributed by atoms with Crippen LogP contribution in [0.3, 0.4) is 0 Å². The standard InChI is InChI=1S/C11H15N3O3/c1-2-9(10(14)15)17-11(16)6-3-7(12)5-8(13)4-6/h3-5,9H,2,12-13H2,1H3,(H2,14,15). The van der Waals surface area contributed by atoms with Crippen LogP contribution in [-0.4, -0.2) is 18.0 Å². The van der Waals surface area contributed by atoms with Crippen LogP contribution in [0.15, 0.2) is 18.2 Å². The third-order valence-corrected chi connectivity index (χ3v) is 2.15. The first-order valence-electron chi connectivity index (χ1n) is 5.10. The van der Waals surface area contributed by atoms with Gasteiger partial charge in [-0.15, -0.1) is 0 Å². The number of hydrogen-bond acceptors (Lipinski definition) is 5. The highest BCUT2D eigenvalue weighted by molar-refractivity contribution is 5.93. The molecule has 0 fully saturated rings. The molecule has 6 N–H and O–H groups in total. The molecule has 0 bridgehead atoms. The zero-order valence-electron chi connectivity index (χ0n) is 9.47. The van der Waals surface area contributed by atoms with Gasteiger partial charge in [0.15, 0.2) is 6.10 Å². The van der Waals surface area contributed by atoms with Crippen LogP contribution < -0.4 is 17.2 Å². The van der Waals surface area contributed by atoms with Gasteiger partial charge in [-0.2, -0.15) is 0 Å². The third kappa shape index (κ3) is 3.37. The van der Waals surface area contributed by atoms with Crippen molar-refractivity contribution in [3.05, 3.63) is 23.8 Å². The molecule has 1 aromatic rings. The zero-order valence-corrected chi connectivity index (χ0v) is 9.47. The van der Waals surface area contributed by atoms with Gasteiger partial charge in [0.2, 0.25) is 0 Å². The summed E-state index contributed by atoms with van der Waals surface area (Å²) in [7, 11) is 0. The SMILES string of the molecule is CCC(OC(=O)c1cc(N)cc(N)c1)C(N)=O. The normalized spacial score (nSPS) is 11.8. The fourth-order valence-corrected chi connectivity index (χ4v) is 1.33. The first-order chi connectivity index (χ1) is 7.93. The van der Waals surface area contributed by atoms with Gasteiger partial charge >= 0.3 is 5.97 Å². The number of amides is 1. The Labute approximate surface area is 98.7 Å². The quantitative estimate of drug-likeness (QED) is 0.512.